The molecule has 1 aromatic heterocycles. The molecule has 0 N–H and O–H groups in total. The Bertz CT molecular complexity index is 575. The van der Waals surface area contributed by atoms with Crippen LogP contribution in [0.1, 0.15) is 0 Å². The Morgan fingerprint density at radius 3 is 2.24 bits per heavy atom. The van der Waals surface area contributed by atoms with Crippen molar-refractivity contribution in [1.29, 1.82) is 0 Å². The summed E-state index contributed by atoms with van der Waals surface area (Å²) < 4.78 is 4.51. The van der Waals surface area contributed by atoms with Gasteiger partial charge in [-0.05, 0) is 22.6 Å². The van der Waals surface area contributed by atoms with Crippen LogP contribution in [0.5, 0.6) is 0 Å². The number of benzene rings is 1. The quantitative estimate of drug-likeness (QED) is 0.594. The molecule has 0 atom stereocenters. The lowest BCUT2D eigenvalue weighted by atomic mass is 10.1. The van der Waals surface area contributed by atoms with Gasteiger partial charge < -0.3 is 10.1 Å². The standard InChI is InChI=1S/C9H5N3O5/c13-11(14)7-3-1-6(2-4-7)8-5-17-10-9(8)12(15)16/h1-5H. The third kappa shape index (κ3) is 1.95. The van der Waals surface area contributed by atoms with E-state index in [9.17, 15) is 20.2 Å². The first-order valence-corrected chi connectivity index (χ1v) is 4.43. The number of nitro groups is 2. The second kappa shape index (κ2) is 4.00. The fourth-order valence-electron chi connectivity index (χ4n) is 1.32. The molecule has 0 amide bonds. The molecule has 0 aliphatic carbocycles. The van der Waals surface area contributed by atoms with E-state index >= 15 is 0 Å². The van der Waals surface area contributed by atoms with Crippen LogP contribution < -0.4 is 0 Å². The third-order valence-electron chi connectivity index (χ3n) is 2.11. The lowest BCUT2D eigenvalue weighted by molar-refractivity contribution is -0.390. The van der Waals surface area contributed by atoms with E-state index in [4.69, 9.17) is 0 Å². The topological polar surface area (TPSA) is 112 Å². The fourth-order valence-corrected chi connectivity index (χ4v) is 1.32. The van der Waals surface area contributed by atoms with Crippen LogP contribution in [0.15, 0.2) is 35.1 Å². The molecule has 0 aliphatic heterocycles. The summed E-state index contributed by atoms with van der Waals surface area (Å²) in [6.07, 6.45) is 1.12. The van der Waals surface area contributed by atoms with E-state index in [0.717, 1.165) is 6.26 Å². The van der Waals surface area contributed by atoms with E-state index in [-0.39, 0.29) is 11.3 Å². The highest BCUT2D eigenvalue weighted by atomic mass is 16.6. The van der Waals surface area contributed by atoms with Crippen LogP contribution in [0.25, 0.3) is 11.1 Å². The number of nitrogens with zero attached hydrogens (tertiary/aromatic N) is 3. The minimum absolute atomic E-state index is 0.0899. The van der Waals surface area contributed by atoms with Crippen molar-refractivity contribution in [2.75, 3.05) is 0 Å². The van der Waals surface area contributed by atoms with Crippen LogP contribution in [-0.4, -0.2) is 15.0 Å². The van der Waals surface area contributed by atoms with Crippen molar-refractivity contribution in [3.8, 4) is 11.1 Å². The molecule has 0 bridgehead atoms. The SMILES string of the molecule is O=[N+]([O-])c1ccc(-c2conc2[N+](=O)[O-])cc1. The zero-order valence-electron chi connectivity index (χ0n) is 8.27. The Labute approximate surface area is 93.8 Å². The van der Waals surface area contributed by atoms with Gasteiger partial charge in [0.2, 0.25) is 0 Å². The third-order valence-corrected chi connectivity index (χ3v) is 2.11. The van der Waals surface area contributed by atoms with Gasteiger partial charge in [0.25, 0.3) is 5.69 Å². The molecule has 8 heteroatoms. The van der Waals surface area contributed by atoms with Gasteiger partial charge in [-0.3, -0.25) is 14.6 Å². The Kier molecular flexibility index (Phi) is 2.53. The molecule has 0 saturated carbocycles. The molecule has 0 spiro atoms. The molecule has 0 unspecified atom stereocenters. The summed E-state index contributed by atoms with van der Waals surface area (Å²) in [5.41, 5.74) is 0.529. The highest BCUT2D eigenvalue weighted by Gasteiger charge is 2.21. The highest BCUT2D eigenvalue weighted by Crippen LogP contribution is 2.29. The van der Waals surface area contributed by atoms with Crippen molar-refractivity contribution >= 4 is 11.5 Å². The summed E-state index contributed by atoms with van der Waals surface area (Å²) in [5.74, 6) is -0.418. The normalized spacial score (nSPS) is 10.1. The maximum Gasteiger partial charge on any atom is 0.421 e. The summed E-state index contributed by atoms with van der Waals surface area (Å²) >= 11 is 0. The Hall–Kier alpha value is -2.77. The number of hydrogen-bond acceptors (Lipinski definition) is 6. The van der Waals surface area contributed by atoms with E-state index in [0.29, 0.717) is 5.56 Å². The average molecular weight is 235 g/mol. The Morgan fingerprint density at radius 1 is 1.06 bits per heavy atom. The van der Waals surface area contributed by atoms with Gasteiger partial charge in [0.05, 0.1) is 4.92 Å². The average Bonchev–Trinajstić information content (AvgIpc) is 2.78. The van der Waals surface area contributed by atoms with Crippen molar-refractivity contribution in [2.24, 2.45) is 0 Å². The minimum atomic E-state index is -0.680. The monoisotopic (exact) mass is 235 g/mol. The van der Waals surface area contributed by atoms with E-state index in [1.807, 2.05) is 0 Å². The number of nitro benzene ring substituents is 1. The molecule has 0 aliphatic rings. The molecule has 2 aromatic rings. The summed E-state index contributed by atoms with van der Waals surface area (Å²) in [6.45, 7) is 0. The highest BCUT2D eigenvalue weighted by molar-refractivity contribution is 5.70. The second-order valence-electron chi connectivity index (χ2n) is 3.11. The first kappa shape index (κ1) is 10.7. The number of hydrogen-bond donors (Lipinski definition) is 0. The zero-order valence-corrected chi connectivity index (χ0v) is 8.27. The van der Waals surface area contributed by atoms with Crippen LogP contribution in [-0.2, 0) is 0 Å². The fraction of sp³-hybridized carbons (Fsp3) is 0. The Morgan fingerprint density at radius 2 is 1.71 bits per heavy atom. The second-order valence-corrected chi connectivity index (χ2v) is 3.11. The smallest absolute Gasteiger partial charge is 0.358 e. The molecule has 2 rings (SSSR count). The molecule has 1 aromatic carbocycles. The lowest BCUT2D eigenvalue weighted by Gasteiger charge is -1.96. The van der Waals surface area contributed by atoms with Crippen molar-refractivity contribution < 1.29 is 14.4 Å². The largest absolute Gasteiger partial charge is 0.421 e. The number of rotatable bonds is 3. The predicted molar refractivity (Wildman–Crippen MR) is 55.2 cm³/mol. The van der Waals surface area contributed by atoms with Gasteiger partial charge >= 0.3 is 5.82 Å². The van der Waals surface area contributed by atoms with E-state index < -0.39 is 15.7 Å². The summed E-state index contributed by atoms with van der Waals surface area (Å²) in [5, 5.41) is 24.3. The molecular formula is C9H5N3O5. The van der Waals surface area contributed by atoms with Gasteiger partial charge in [-0.25, -0.2) is 0 Å². The molecular weight excluding hydrogens is 230 g/mol. The van der Waals surface area contributed by atoms with Gasteiger partial charge in [0.1, 0.15) is 5.56 Å². The molecule has 17 heavy (non-hydrogen) atoms. The van der Waals surface area contributed by atoms with Gasteiger partial charge in [-0.2, -0.15) is 0 Å². The van der Waals surface area contributed by atoms with Crippen LogP contribution >= 0.6 is 0 Å². The van der Waals surface area contributed by atoms with Crippen LogP contribution in [0.3, 0.4) is 0 Å². The zero-order chi connectivity index (χ0) is 12.4. The molecule has 1 heterocycles. The molecule has 0 radical (unpaired) electrons. The summed E-state index contributed by atoms with van der Waals surface area (Å²) in [7, 11) is 0. The molecule has 0 saturated heterocycles. The first-order chi connectivity index (χ1) is 8.09. The maximum absolute atomic E-state index is 10.6. The van der Waals surface area contributed by atoms with Gasteiger partial charge in [0, 0.05) is 12.1 Å². The lowest BCUT2D eigenvalue weighted by Crippen LogP contribution is -1.91. The van der Waals surface area contributed by atoms with Crippen LogP contribution in [0, 0.1) is 20.2 Å². The van der Waals surface area contributed by atoms with Crippen molar-refractivity contribution in [3.05, 3.63) is 50.8 Å². The van der Waals surface area contributed by atoms with Crippen LogP contribution in [0.4, 0.5) is 11.5 Å². The van der Waals surface area contributed by atoms with Gasteiger partial charge in [-0.15, -0.1) is 0 Å². The van der Waals surface area contributed by atoms with Crippen molar-refractivity contribution in [1.82, 2.24) is 5.16 Å². The van der Waals surface area contributed by atoms with E-state index in [1.54, 1.807) is 0 Å². The van der Waals surface area contributed by atoms with E-state index in [2.05, 4.69) is 9.68 Å². The first-order valence-electron chi connectivity index (χ1n) is 4.43. The van der Waals surface area contributed by atoms with Crippen LogP contribution in [0.2, 0.25) is 0 Å². The predicted octanol–water partition coefficient (Wildman–Crippen LogP) is 2.16. The van der Waals surface area contributed by atoms with Gasteiger partial charge in [0.15, 0.2) is 11.4 Å². The number of aromatic nitrogens is 1. The van der Waals surface area contributed by atoms with Crippen molar-refractivity contribution in [3.63, 3.8) is 0 Å². The molecule has 0 fully saturated rings. The molecule has 86 valence electrons. The maximum atomic E-state index is 10.6. The summed E-state index contributed by atoms with van der Waals surface area (Å²) in [4.78, 5) is 19.8. The summed E-state index contributed by atoms with van der Waals surface area (Å²) in [6, 6.07) is 5.31. The molecule has 8 nitrogen and oxygen atoms in total. The Balaban J connectivity index is 2.43. The van der Waals surface area contributed by atoms with Gasteiger partial charge in [-0.1, -0.05) is 0 Å². The number of non-ortho nitro benzene ring substituents is 1. The van der Waals surface area contributed by atoms with Crippen molar-refractivity contribution in [2.45, 2.75) is 0 Å². The van der Waals surface area contributed by atoms with E-state index in [1.165, 1.54) is 24.3 Å². The minimum Gasteiger partial charge on any atom is -0.358 e.